The average Bonchev–Trinajstić information content (AvgIpc) is 3.00. The Balaban J connectivity index is 1.43. The van der Waals surface area contributed by atoms with Gasteiger partial charge in [-0.1, -0.05) is 144 Å². The molecule has 1 fully saturated rings. The Bertz CT molecular complexity index is 1560. The molecule has 0 atom stereocenters. The third-order valence-corrected chi connectivity index (χ3v) is 9.53. The average molecular weight is 649 g/mol. The molecule has 2 aromatic carbocycles. The van der Waals surface area contributed by atoms with Gasteiger partial charge in [-0.05, 0) is 57.4 Å². The third kappa shape index (κ3) is 7.82. The Morgan fingerprint density at radius 2 is 0.771 bits per heavy atom. The molecule has 1 saturated carbocycles. The number of hydrogen-bond acceptors (Lipinski definition) is 4. The summed E-state index contributed by atoms with van der Waals surface area (Å²) in [6.45, 7) is 26.0. The minimum absolute atomic E-state index is 0.0635. The predicted molar refractivity (Wildman–Crippen MR) is 199 cm³/mol. The number of benzene rings is 2. The van der Waals surface area contributed by atoms with Crippen molar-refractivity contribution in [1.29, 1.82) is 0 Å². The number of aliphatic hydroxyl groups is 2. The molecule has 0 unspecified atom stereocenters. The second kappa shape index (κ2) is 12.7. The SMILES string of the molecule is CC(C)(C)C1=C/C(=C/C2C(O)C(/C=C3\C=C(c4ccc(C(C)(C)C)cc4)OC(C(C)(C)C)=C3)C2O)C=C(c2ccc(C(C)(C)C)cc2)O1. The van der Waals surface area contributed by atoms with Gasteiger partial charge in [-0.2, -0.15) is 0 Å². The van der Waals surface area contributed by atoms with Crippen LogP contribution in [0.2, 0.25) is 0 Å². The van der Waals surface area contributed by atoms with Gasteiger partial charge in [0, 0.05) is 33.8 Å². The summed E-state index contributed by atoms with van der Waals surface area (Å²) < 4.78 is 12.9. The fourth-order valence-electron chi connectivity index (χ4n) is 6.14. The Kier molecular flexibility index (Phi) is 9.44. The van der Waals surface area contributed by atoms with Crippen molar-refractivity contribution in [2.75, 3.05) is 0 Å². The Morgan fingerprint density at radius 3 is 1.04 bits per heavy atom. The van der Waals surface area contributed by atoms with Gasteiger partial charge in [-0.25, -0.2) is 0 Å². The van der Waals surface area contributed by atoms with Crippen LogP contribution in [0.25, 0.3) is 11.5 Å². The second-order valence-electron chi connectivity index (χ2n) is 17.9. The zero-order valence-electron chi connectivity index (χ0n) is 31.1. The van der Waals surface area contributed by atoms with Crippen molar-refractivity contribution in [3.8, 4) is 0 Å². The highest BCUT2D eigenvalue weighted by Gasteiger charge is 2.47. The van der Waals surface area contributed by atoms with Gasteiger partial charge < -0.3 is 19.7 Å². The van der Waals surface area contributed by atoms with Crippen LogP contribution >= 0.6 is 0 Å². The normalized spacial score (nSPS) is 25.4. The zero-order valence-corrected chi connectivity index (χ0v) is 31.1. The fourth-order valence-corrected chi connectivity index (χ4v) is 6.14. The van der Waals surface area contributed by atoms with E-state index in [-0.39, 0.29) is 21.7 Å². The molecule has 5 rings (SSSR count). The summed E-state index contributed by atoms with van der Waals surface area (Å²) in [5, 5.41) is 22.9. The molecule has 2 N–H and O–H groups in total. The molecule has 3 aliphatic rings. The van der Waals surface area contributed by atoms with Gasteiger partial charge in [0.15, 0.2) is 0 Å². The standard InChI is InChI=1S/C44H56O4/c1-41(2,3)31-17-13-29(14-18-31)35-23-27(25-37(47-35)43(7,8)9)21-33-39(45)34(40(33)46)22-28-24-36(48-38(26-28)44(10,11)12)30-15-19-32(20-16-30)42(4,5)6/h13-26,33-34,39-40,45-46H,1-12H3/b27-21+,28-22+. The van der Waals surface area contributed by atoms with Crippen LogP contribution in [-0.4, -0.2) is 22.4 Å². The maximum Gasteiger partial charge on any atom is 0.134 e. The molecule has 0 saturated heterocycles. The topological polar surface area (TPSA) is 58.9 Å². The second-order valence-corrected chi connectivity index (χ2v) is 17.9. The van der Waals surface area contributed by atoms with Crippen LogP contribution in [0.5, 0.6) is 0 Å². The van der Waals surface area contributed by atoms with Gasteiger partial charge in [0.05, 0.1) is 12.2 Å². The lowest BCUT2D eigenvalue weighted by Gasteiger charge is -2.44. The molecule has 0 bridgehead atoms. The fraction of sp³-hybridized carbons (Fsp3) is 0.455. The van der Waals surface area contributed by atoms with Crippen molar-refractivity contribution in [3.05, 3.63) is 130 Å². The van der Waals surface area contributed by atoms with Crippen molar-refractivity contribution in [1.82, 2.24) is 0 Å². The molecule has 4 nitrogen and oxygen atoms in total. The number of hydrogen-bond donors (Lipinski definition) is 2. The van der Waals surface area contributed by atoms with E-state index >= 15 is 0 Å². The Morgan fingerprint density at radius 1 is 0.458 bits per heavy atom. The third-order valence-electron chi connectivity index (χ3n) is 9.53. The largest absolute Gasteiger partial charge is 0.461 e. The smallest absolute Gasteiger partial charge is 0.134 e. The van der Waals surface area contributed by atoms with Gasteiger partial charge >= 0.3 is 0 Å². The van der Waals surface area contributed by atoms with Crippen molar-refractivity contribution in [2.24, 2.45) is 22.7 Å². The first-order valence-corrected chi connectivity index (χ1v) is 17.4. The van der Waals surface area contributed by atoms with E-state index in [1.54, 1.807) is 0 Å². The van der Waals surface area contributed by atoms with Gasteiger partial charge in [0.2, 0.25) is 0 Å². The Hall–Kier alpha value is -3.60. The Labute approximate surface area is 289 Å². The van der Waals surface area contributed by atoms with E-state index in [1.165, 1.54) is 11.1 Å². The molecule has 0 aromatic heterocycles. The van der Waals surface area contributed by atoms with Crippen LogP contribution in [0.4, 0.5) is 0 Å². The molecule has 256 valence electrons. The minimum atomic E-state index is -0.727. The first-order valence-electron chi connectivity index (χ1n) is 17.4. The van der Waals surface area contributed by atoms with Gasteiger partial charge in [0.1, 0.15) is 23.0 Å². The van der Waals surface area contributed by atoms with Crippen LogP contribution in [-0.2, 0) is 20.3 Å². The summed E-state index contributed by atoms with van der Waals surface area (Å²) in [5.74, 6) is 2.43. The van der Waals surface area contributed by atoms with Crippen LogP contribution in [0.15, 0.2) is 108 Å². The highest BCUT2D eigenvalue weighted by Crippen LogP contribution is 2.43. The minimum Gasteiger partial charge on any atom is -0.461 e. The van der Waals surface area contributed by atoms with Gasteiger partial charge in [0.25, 0.3) is 0 Å². The molecular weight excluding hydrogens is 592 g/mol. The lowest BCUT2D eigenvalue weighted by Crippen LogP contribution is -2.53. The summed E-state index contributed by atoms with van der Waals surface area (Å²) in [5.41, 5.74) is 6.07. The van der Waals surface area contributed by atoms with Crippen molar-refractivity contribution >= 4 is 11.5 Å². The molecule has 2 heterocycles. The number of ether oxygens (including phenoxy) is 2. The van der Waals surface area contributed by atoms with E-state index in [0.29, 0.717) is 0 Å². The molecule has 1 aliphatic carbocycles. The molecule has 48 heavy (non-hydrogen) atoms. The van der Waals surface area contributed by atoms with E-state index in [9.17, 15) is 10.2 Å². The van der Waals surface area contributed by atoms with Crippen molar-refractivity contribution < 1.29 is 19.7 Å². The molecule has 4 heteroatoms. The van der Waals surface area contributed by atoms with E-state index in [4.69, 9.17) is 9.47 Å². The molecule has 0 amide bonds. The van der Waals surface area contributed by atoms with Crippen LogP contribution < -0.4 is 0 Å². The summed E-state index contributed by atoms with van der Waals surface area (Å²) in [6, 6.07) is 17.1. The molecule has 0 radical (unpaired) electrons. The number of aliphatic hydroxyl groups excluding tert-OH is 2. The van der Waals surface area contributed by atoms with Crippen LogP contribution in [0.1, 0.15) is 105 Å². The van der Waals surface area contributed by atoms with Crippen LogP contribution in [0, 0.1) is 22.7 Å². The first-order chi connectivity index (χ1) is 22.1. The molecule has 2 aromatic rings. The van der Waals surface area contributed by atoms with Crippen LogP contribution in [0.3, 0.4) is 0 Å². The quantitative estimate of drug-likeness (QED) is 0.346. The van der Waals surface area contributed by atoms with E-state index in [2.05, 4.69) is 132 Å². The molecule has 0 spiro atoms. The van der Waals surface area contributed by atoms with E-state index < -0.39 is 24.0 Å². The lowest BCUT2D eigenvalue weighted by molar-refractivity contribution is -0.110. The first kappa shape index (κ1) is 35.7. The monoisotopic (exact) mass is 648 g/mol. The summed E-state index contributed by atoms with van der Waals surface area (Å²) in [6.07, 6.45) is 10.7. The predicted octanol–water partition coefficient (Wildman–Crippen LogP) is 10.4. The van der Waals surface area contributed by atoms with Gasteiger partial charge in [-0.3, -0.25) is 0 Å². The highest BCUT2D eigenvalue weighted by atomic mass is 16.5. The maximum atomic E-state index is 11.4. The summed E-state index contributed by atoms with van der Waals surface area (Å²) in [4.78, 5) is 0. The van der Waals surface area contributed by atoms with Crippen molar-refractivity contribution in [3.63, 3.8) is 0 Å². The zero-order chi connectivity index (χ0) is 35.4. The number of rotatable bonds is 4. The van der Waals surface area contributed by atoms with E-state index in [1.807, 2.05) is 36.5 Å². The summed E-state index contributed by atoms with van der Waals surface area (Å²) >= 11 is 0. The maximum absolute atomic E-state index is 11.4. The molecular formula is C44H56O4. The van der Waals surface area contributed by atoms with Crippen molar-refractivity contribution in [2.45, 2.75) is 106 Å². The summed E-state index contributed by atoms with van der Waals surface area (Å²) in [7, 11) is 0. The van der Waals surface area contributed by atoms with Gasteiger partial charge in [-0.15, -0.1) is 0 Å². The number of allylic oxidation sites excluding steroid dienone is 8. The highest BCUT2D eigenvalue weighted by molar-refractivity contribution is 5.69. The lowest BCUT2D eigenvalue weighted by atomic mass is 9.67. The molecule has 2 aliphatic heterocycles. The van der Waals surface area contributed by atoms with E-state index in [0.717, 1.165) is 45.3 Å².